The zero-order chi connectivity index (χ0) is 22.1. The number of pyridine rings is 1. The molecule has 4 rings (SSSR count). The summed E-state index contributed by atoms with van der Waals surface area (Å²) in [5.74, 6) is -0.278. The van der Waals surface area contributed by atoms with Crippen molar-refractivity contribution in [3.05, 3.63) is 82.2 Å². The molecule has 0 fully saturated rings. The molecule has 0 aliphatic heterocycles. The fourth-order valence-corrected chi connectivity index (χ4v) is 3.79. The van der Waals surface area contributed by atoms with E-state index >= 15 is 0 Å². The molecule has 0 spiro atoms. The molecule has 1 N–H and O–H groups in total. The van der Waals surface area contributed by atoms with E-state index in [2.05, 4.69) is 47.7 Å². The third kappa shape index (κ3) is 3.97. The molecule has 0 saturated heterocycles. The predicted octanol–water partition coefficient (Wildman–Crippen LogP) is 4.63. The van der Waals surface area contributed by atoms with Crippen LogP contribution in [0.2, 0.25) is 0 Å². The predicted molar refractivity (Wildman–Crippen MR) is 124 cm³/mol. The Morgan fingerprint density at radius 2 is 1.84 bits per heavy atom. The number of amides is 1. The second-order valence-electron chi connectivity index (χ2n) is 7.80. The zero-order valence-corrected chi connectivity index (χ0v) is 18.4. The monoisotopic (exact) mass is 411 g/mol. The topological polar surface area (TPSA) is 72.2 Å². The summed E-state index contributed by atoms with van der Waals surface area (Å²) in [5, 5.41) is 9.35. The average molecular weight is 412 g/mol. The minimum atomic E-state index is -0.278. The molecule has 4 aromatic rings. The zero-order valence-electron chi connectivity index (χ0n) is 18.4. The Morgan fingerprint density at radius 1 is 1.06 bits per heavy atom. The number of aromatic nitrogens is 3. The lowest BCUT2D eigenvalue weighted by atomic mass is 9.99. The number of hydrazone groups is 1. The number of hydrogen-bond donors (Lipinski definition) is 1. The third-order valence-corrected chi connectivity index (χ3v) is 5.54. The Labute approximate surface area is 181 Å². The smallest absolute Gasteiger partial charge is 0.272 e. The summed E-state index contributed by atoms with van der Waals surface area (Å²) in [6.45, 7) is 8.01. The fourth-order valence-electron chi connectivity index (χ4n) is 3.79. The van der Waals surface area contributed by atoms with Crippen molar-refractivity contribution in [2.45, 2.75) is 27.7 Å². The van der Waals surface area contributed by atoms with Crippen molar-refractivity contribution in [1.82, 2.24) is 20.2 Å². The number of benzene rings is 2. The van der Waals surface area contributed by atoms with Crippen LogP contribution < -0.4 is 5.43 Å². The standard InChI is InChI=1S/C25H25N5O/c1-15-10-11-19(16(2)12-15)24-13-21(20-8-6-7-9-23(20)27-24)25(31)28-26-14-22-17(3)29-30(5)18(22)4/h6-14H,1-5H3,(H,28,31)/b26-14-. The van der Waals surface area contributed by atoms with E-state index in [0.717, 1.165) is 44.7 Å². The van der Waals surface area contributed by atoms with Gasteiger partial charge in [0.15, 0.2) is 0 Å². The first-order chi connectivity index (χ1) is 14.8. The Balaban J connectivity index is 1.72. The van der Waals surface area contributed by atoms with Crippen molar-refractivity contribution in [2.75, 3.05) is 0 Å². The molecule has 6 heteroatoms. The Morgan fingerprint density at radius 3 is 2.55 bits per heavy atom. The number of hydrogen-bond acceptors (Lipinski definition) is 4. The van der Waals surface area contributed by atoms with Crippen LogP contribution in [0.5, 0.6) is 0 Å². The number of nitrogens with zero attached hydrogens (tertiary/aromatic N) is 4. The molecule has 0 bridgehead atoms. The minimum Gasteiger partial charge on any atom is -0.272 e. The van der Waals surface area contributed by atoms with Gasteiger partial charge in [0.05, 0.1) is 28.7 Å². The van der Waals surface area contributed by atoms with Gasteiger partial charge in [-0.25, -0.2) is 10.4 Å². The highest BCUT2D eigenvalue weighted by molar-refractivity contribution is 6.07. The first-order valence-corrected chi connectivity index (χ1v) is 10.2. The number of para-hydroxylation sites is 1. The number of rotatable bonds is 4. The van der Waals surface area contributed by atoms with E-state index in [1.165, 1.54) is 5.56 Å². The highest BCUT2D eigenvalue weighted by Crippen LogP contribution is 2.27. The van der Waals surface area contributed by atoms with E-state index in [9.17, 15) is 4.79 Å². The summed E-state index contributed by atoms with van der Waals surface area (Å²) >= 11 is 0. The molecule has 6 nitrogen and oxygen atoms in total. The van der Waals surface area contributed by atoms with Gasteiger partial charge in [-0.15, -0.1) is 0 Å². The van der Waals surface area contributed by atoms with Crippen LogP contribution in [0.1, 0.15) is 38.4 Å². The van der Waals surface area contributed by atoms with Gasteiger partial charge in [-0.05, 0) is 45.4 Å². The molecule has 2 heterocycles. The maximum absolute atomic E-state index is 13.1. The molecule has 31 heavy (non-hydrogen) atoms. The van der Waals surface area contributed by atoms with Crippen molar-refractivity contribution < 1.29 is 4.79 Å². The second kappa shape index (κ2) is 8.14. The lowest BCUT2D eigenvalue weighted by Crippen LogP contribution is -2.18. The molecule has 2 aromatic carbocycles. The number of nitrogens with one attached hydrogen (secondary N) is 1. The van der Waals surface area contributed by atoms with Gasteiger partial charge in [0.25, 0.3) is 5.91 Å². The molecule has 1 amide bonds. The summed E-state index contributed by atoms with van der Waals surface area (Å²) in [6, 6.07) is 15.7. The largest absolute Gasteiger partial charge is 0.272 e. The van der Waals surface area contributed by atoms with Crippen molar-refractivity contribution in [1.29, 1.82) is 0 Å². The number of carbonyl (C=O) groups is 1. The summed E-state index contributed by atoms with van der Waals surface area (Å²) in [4.78, 5) is 17.9. The lowest BCUT2D eigenvalue weighted by Gasteiger charge is -2.11. The van der Waals surface area contributed by atoms with Crippen LogP contribution in [0, 0.1) is 27.7 Å². The first-order valence-electron chi connectivity index (χ1n) is 10.2. The van der Waals surface area contributed by atoms with Gasteiger partial charge in [-0.3, -0.25) is 9.48 Å². The van der Waals surface area contributed by atoms with Crippen LogP contribution in [-0.4, -0.2) is 26.9 Å². The van der Waals surface area contributed by atoms with Gasteiger partial charge >= 0.3 is 0 Å². The summed E-state index contributed by atoms with van der Waals surface area (Å²) in [5.41, 5.74) is 10.8. The average Bonchev–Trinajstić information content (AvgIpc) is 2.98. The van der Waals surface area contributed by atoms with Crippen LogP contribution in [0.4, 0.5) is 0 Å². The van der Waals surface area contributed by atoms with Crippen LogP contribution in [0.25, 0.3) is 22.2 Å². The van der Waals surface area contributed by atoms with Crippen LogP contribution in [0.3, 0.4) is 0 Å². The highest BCUT2D eigenvalue weighted by Gasteiger charge is 2.15. The van der Waals surface area contributed by atoms with E-state index in [1.807, 2.05) is 51.2 Å². The number of fused-ring (bicyclic) bond motifs is 1. The summed E-state index contributed by atoms with van der Waals surface area (Å²) in [6.07, 6.45) is 1.64. The van der Waals surface area contributed by atoms with Crippen molar-refractivity contribution in [3.63, 3.8) is 0 Å². The fraction of sp³-hybridized carbons (Fsp3) is 0.200. The summed E-state index contributed by atoms with van der Waals surface area (Å²) < 4.78 is 1.80. The van der Waals surface area contributed by atoms with E-state index in [-0.39, 0.29) is 5.91 Å². The Hall–Kier alpha value is -3.80. The molecule has 0 aliphatic carbocycles. The molecular weight excluding hydrogens is 386 g/mol. The Kier molecular flexibility index (Phi) is 5.38. The van der Waals surface area contributed by atoms with Gasteiger partial charge in [-0.2, -0.15) is 10.2 Å². The van der Waals surface area contributed by atoms with E-state index in [4.69, 9.17) is 4.98 Å². The van der Waals surface area contributed by atoms with Crippen molar-refractivity contribution >= 4 is 23.0 Å². The van der Waals surface area contributed by atoms with Crippen molar-refractivity contribution in [2.24, 2.45) is 12.1 Å². The van der Waals surface area contributed by atoms with Gasteiger partial charge in [0, 0.05) is 29.3 Å². The maximum Gasteiger partial charge on any atom is 0.272 e. The van der Waals surface area contributed by atoms with Crippen LogP contribution in [0.15, 0.2) is 53.6 Å². The van der Waals surface area contributed by atoms with Gasteiger partial charge in [0.1, 0.15) is 0 Å². The normalized spacial score (nSPS) is 11.4. The molecule has 0 radical (unpaired) electrons. The third-order valence-electron chi connectivity index (χ3n) is 5.54. The van der Waals surface area contributed by atoms with Gasteiger partial charge < -0.3 is 0 Å². The molecule has 156 valence electrons. The highest BCUT2D eigenvalue weighted by atomic mass is 16.2. The van der Waals surface area contributed by atoms with E-state index < -0.39 is 0 Å². The SMILES string of the molecule is Cc1ccc(-c2cc(C(=O)N/N=C\c3c(C)nn(C)c3C)c3ccccc3n2)c(C)c1. The van der Waals surface area contributed by atoms with Crippen LogP contribution in [-0.2, 0) is 7.05 Å². The summed E-state index contributed by atoms with van der Waals surface area (Å²) in [7, 11) is 1.88. The van der Waals surface area contributed by atoms with Gasteiger partial charge in [-0.1, -0.05) is 42.0 Å². The minimum absolute atomic E-state index is 0.278. The molecule has 0 aliphatic rings. The molecule has 0 saturated carbocycles. The maximum atomic E-state index is 13.1. The Bertz CT molecular complexity index is 1330. The number of aryl methyl sites for hydroxylation is 4. The quantitative estimate of drug-likeness (QED) is 0.393. The molecular formula is C25H25N5O. The van der Waals surface area contributed by atoms with Crippen molar-refractivity contribution in [3.8, 4) is 11.3 Å². The lowest BCUT2D eigenvalue weighted by molar-refractivity contribution is 0.0956. The molecule has 0 unspecified atom stereocenters. The van der Waals surface area contributed by atoms with E-state index in [1.54, 1.807) is 10.9 Å². The van der Waals surface area contributed by atoms with Gasteiger partial charge in [0.2, 0.25) is 0 Å². The second-order valence-corrected chi connectivity index (χ2v) is 7.80. The number of carbonyl (C=O) groups excluding carboxylic acids is 1. The first kappa shape index (κ1) is 20.5. The molecule has 0 atom stereocenters. The van der Waals surface area contributed by atoms with E-state index in [0.29, 0.717) is 5.56 Å². The molecule has 2 aromatic heterocycles. The van der Waals surface area contributed by atoms with Crippen LogP contribution >= 0.6 is 0 Å².